The van der Waals surface area contributed by atoms with Crippen molar-refractivity contribution in [1.82, 2.24) is 5.32 Å². The van der Waals surface area contributed by atoms with Crippen LogP contribution in [-0.4, -0.2) is 29.8 Å². The molecule has 0 aromatic heterocycles. The van der Waals surface area contributed by atoms with Crippen LogP contribution in [0.3, 0.4) is 0 Å². The van der Waals surface area contributed by atoms with Crippen LogP contribution in [0.4, 0.5) is 0 Å². The second-order valence-corrected chi connectivity index (χ2v) is 6.75. The lowest BCUT2D eigenvalue weighted by molar-refractivity contribution is 0.175. The van der Waals surface area contributed by atoms with E-state index in [0.29, 0.717) is 25.0 Å². The molecule has 2 unspecified atom stereocenters. The highest BCUT2D eigenvalue weighted by atomic mass is 127. The Morgan fingerprint density at radius 2 is 1.83 bits per heavy atom. The van der Waals surface area contributed by atoms with E-state index in [9.17, 15) is 5.11 Å². The Kier molecular flexibility index (Phi) is 10.3. The quantitative estimate of drug-likeness (QED) is 0.270. The zero-order chi connectivity index (χ0) is 16.5. The summed E-state index contributed by atoms with van der Waals surface area (Å²) in [6.07, 6.45) is 7.95. The summed E-state index contributed by atoms with van der Waals surface area (Å²) >= 11 is 0. The number of aliphatic hydroxyl groups excluding tert-OH is 1. The zero-order valence-electron chi connectivity index (χ0n) is 14.7. The van der Waals surface area contributed by atoms with Gasteiger partial charge in [-0.25, -0.2) is 0 Å². The summed E-state index contributed by atoms with van der Waals surface area (Å²) in [4.78, 5) is 4.55. The van der Waals surface area contributed by atoms with E-state index in [1.54, 1.807) is 0 Å². The van der Waals surface area contributed by atoms with Gasteiger partial charge in [0, 0.05) is 18.5 Å². The lowest BCUT2D eigenvalue weighted by Crippen LogP contribution is -2.40. The summed E-state index contributed by atoms with van der Waals surface area (Å²) in [5.74, 6) is 0.745. The fraction of sp³-hybridized carbons (Fsp3) is 0.632. The first-order valence-electron chi connectivity index (χ1n) is 8.94. The minimum absolute atomic E-state index is 0. The molecule has 0 heterocycles. The molecule has 1 aliphatic rings. The van der Waals surface area contributed by atoms with Crippen molar-refractivity contribution in [3.8, 4) is 0 Å². The molecule has 4 N–H and O–H groups in total. The van der Waals surface area contributed by atoms with E-state index in [2.05, 4.69) is 22.4 Å². The van der Waals surface area contributed by atoms with Crippen molar-refractivity contribution in [3.05, 3.63) is 35.9 Å². The third-order valence-corrected chi connectivity index (χ3v) is 4.59. The number of halogens is 1. The first-order valence-corrected chi connectivity index (χ1v) is 8.94. The van der Waals surface area contributed by atoms with E-state index < -0.39 is 0 Å². The normalized spacial score (nSPS) is 19.0. The van der Waals surface area contributed by atoms with Gasteiger partial charge in [-0.3, -0.25) is 4.99 Å². The van der Waals surface area contributed by atoms with Crippen LogP contribution in [0.25, 0.3) is 0 Å². The number of hydrogen-bond acceptors (Lipinski definition) is 2. The van der Waals surface area contributed by atoms with Gasteiger partial charge in [0.05, 0.1) is 6.10 Å². The van der Waals surface area contributed by atoms with Crippen molar-refractivity contribution < 1.29 is 5.11 Å². The van der Waals surface area contributed by atoms with Crippen LogP contribution in [0.2, 0.25) is 0 Å². The highest BCUT2D eigenvalue weighted by molar-refractivity contribution is 14.0. The van der Waals surface area contributed by atoms with Crippen LogP contribution in [0.5, 0.6) is 0 Å². The molecule has 2 rings (SSSR count). The number of rotatable bonds is 6. The molecule has 2 atom stereocenters. The van der Waals surface area contributed by atoms with Crippen LogP contribution >= 0.6 is 24.0 Å². The lowest BCUT2D eigenvalue weighted by atomic mass is 9.93. The van der Waals surface area contributed by atoms with E-state index in [1.807, 2.05) is 25.1 Å². The Balaban J connectivity index is 0.00000288. The third-order valence-electron chi connectivity index (χ3n) is 4.59. The van der Waals surface area contributed by atoms with Gasteiger partial charge in [0.2, 0.25) is 0 Å². The molecule has 0 radical (unpaired) electrons. The SMILES string of the molecule is CC(O)CC(CN=C(N)NC1CCCCCC1)c1ccccc1.I. The highest BCUT2D eigenvalue weighted by Crippen LogP contribution is 2.22. The van der Waals surface area contributed by atoms with Crippen LogP contribution in [0.15, 0.2) is 35.3 Å². The highest BCUT2D eigenvalue weighted by Gasteiger charge is 2.15. The van der Waals surface area contributed by atoms with Crippen molar-refractivity contribution in [1.29, 1.82) is 0 Å². The predicted molar refractivity (Wildman–Crippen MR) is 112 cm³/mol. The summed E-state index contributed by atoms with van der Waals surface area (Å²) in [6.45, 7) is 2.44. The van der Waals surface area contributed by atoms with Crippen LogP contribution in [0.1, 0.15) is 63.4 Å². The second kappa shape index (κ2) is 11.7. The first-order chi connectivity index (χ1) is 11.1. The molecule has 0 bridgehead atoms. The Hall–Kier alpha value is -0.820. The van der Waals surface area contributed by atoms with Gasteiger partial charge in [-0.05, 0) is 31.7 Å². The van der Waals surface area contributed by atoms with Crippen LogP contribution in [-0.2, 0) is 0 Å². The van der Waals surface area contributed by atoms with Gasteiger partial charge >= 0.3 is 0 Å². The van der Waals surface area contributed by atoms with Crippen LogP contribution in [0, 0.1) is 0 Å². The van der Waals surface area contributed by atoms with E-state index >= 15 is 0 Å². The summed E-state index contributed by atoms with van der Waals surface area (Å²) in [7, 11) is 0. The molecule has 1 fully saturated rings. The molecule has 0 saturated heterocycles. The number of hydrogen-bond donors (Lipinski definition) is 3. The molecular formula is C19H32IN3O. The largest absolute Gasteiger partial charge is 0.393 e. The van der Waals surface area contributed by atoms with E-state index in [1.165, 1.54) is 44.1 Å². The van der Waals surface area contributed by atoms with Gasteiger partial charge in [0.1, 0.15) is 0 Å². The molecule has 0 spiro atoms. The van der Waals surface area contributed by atoms with Gasteiger partial charge in [-0.1, -0.05) is 56.0 Å². The average Bonchev–Trinajstić information content (AvgIpc) is 2.80. The molecule has 1 aromatic rings. The summed E-state index contributed by atoms with van der Waals surface area (Å²) in [6, 6.07) is 10.7. The fourth-order valence-electron chi connectivity index (χ4n) is 3.34. The van der Waals surface area contributed by atoms with Crippen molar-refractivity contribution in [2.45, 2.75) is 69.9 Å². The number of benzene rings is 1. The number of nitrogens with zero attached hydrogens (tertiary/aromatic N) is 1. The molecule has 136 valence electrons. The Morgan fingerprint density at radius 1 is 1.21 bits per heavy atom. The Morgan fingerprint density at radius 3 is 2.42 bits per heavy atom. The van der Waals surface area contributed by atoms with Gasteiger partial charge in [0.25, 0.3) is 0 Å². The maximum absolute atomic E-state index is 9.75. The zero-order valence-corrected chi connectivity index (χ0v) is 17.0. The summed E-state index contributed by atoms with van der Waals surface area (Å²) in [5, 5.41) is 13.1. The third kappa shape index (κ3) is 7.83. The summed E-state index contributed by atoms with van der Waals surface area (Å²) in [5.41, 5.74) is 7.30. The molecule has 1 aliphatic carbocycles. The minimum Gasteiger partial charge on any atom is -0.393 e. The van der Waals surface area contributed by atoms with Crippen molar-refractivity contribution in [3.63, 3.8) is 0 Å². The van der Waals surface area contributed by atoms with Gasteiger partial charge in [0.15, 0.2) is 5.96 Å². The monoisotopic (exact) mass is 445 g/mol. The number of aliphatic imine (C=N–C) groups is 1. The second-order valence-electron chi connectivity index (χ2n) is 6.75. The van der Waals surface area contributed by atoms with Gasteiger partial charge in [-0.15, -0.1) is 24.0 Å². The molecule has 24 heavy (non-hydrogen) atoms. The van der Waals surface area contributed by atoms with Gasteiger partial charge < -0.3 is 16.2 Å². The van der Waals surface area contributed by atoms with E-state index in [4.69, 9.17) is 5.73 Å². The number of guanidine groups is 1. The van der Waals surface area contributed by atoms with Gasteiger partial charge in [-0.2, -0.15) is 0 Å². The van der Waals surface area contributed by atoms with Crippen molar-refractivity contribution in [2.75, 3.05) is 6.54 Å². The number of nitrogens with one attached hydrogen (secondary N) is 1. The Labute approximate surface area is 163 Å². The van der Waals surface area contributed by atoms with E-state index in [0.717, 1.165) is 0 Å². The fourth-order valence-corrected chi connectivity index (χ4v) is 3.34. The number of aliphatic hydroxyl groups is 1. The Bertz CT molecular complexity index is 471. The standard InChI is InChI=1S/C19H31N3O.HI/c1-15(23)13-17(16-9-5-4-6-10-16)14-21-19(20)22-18-11-7-2-3-8-12-18;/h4-6,9-10,15,17-18,23H,2-3,7-8,11-14H2,1H3,(H3,20,21,22);1H. The predicted octanol–water partition coefficient (Wildman–Crippen LogP) is 3.79. The molecular weight excluding hydrogens is 413 g/mol. The minimum atomic E-state index is -0.341. The molecule has 0 amide bonds. The first kappa shape index (κ1) is 21.2. The van der Waals surface area contributed by atoms with Crippen molar-refractivity contribution >= 4 is 29.9 Å². The van der Waals surface area contributed by atoms with Crippen molar-refractivity contribution in [2.24, 2.45) is 10.7 Å². The summed E-state index contributed by atoms with van der Waals surface area (Å²) < 4.78 is 0. The number of nitrogens with two attached hydrogens (primary N) is 1. The topological polar surface area (TPSA) is 70.6 Å². The average molecular weight is 445 g/mol. The molecule has 5 heteroatoms. The molecule has 1 saturated carbocycles. The molecule has 0 aliphatic heterocycles. The molecule has 1 aromatic carbocycles. The lowest BCUT2D eigenvalue weighted by Gasteiger charge is -2.19. The maximum Gasteiger partial charge on any atom is 0.188 e. The van der Waals surface area contributed by atoms with E-state index in [-0.39, 0.29) is 36.0 Å². The van der Waals surface area contributed by atoms with Crippen LogP contribution < -0.4 is 11.1 Å². The smallest absolute Gasteiger partial charge is 0.188 e. The maximum atomic E-state index is 9.75. The molecule has 4 nitrogen and oxygen atoms in total.